The zero-order valence-electron chi connectivity index (χ0n) is 31.6. The molecule has 0 fully saturated rings. The van der Waals surface area contributed by atoms with Gasteiger partial charge in [0.15, 0.2) is 5.58 Å². The number of rotatable bonds is 7. The van der Waals surface area contributed by atoms with Gasteiger partial charge in [0.1, 0.15) is 5.52 Å². The zero-order valence-corrected chi connectivity index (χ0v) is 31.6. The fraction of sp³-hybridized carbons (Fsp3) is 0. The molecule has 58 heavy (non-hydrogen) atoms. The lowest BCUT2D eigenvalue weighted by atomic mass is 9.94. The summed E-state index contributed by atoms with van der Waals surface area (Å²) in [5.74, 6) is 0.630. The van der Waals surface area contributed by atoms with Gasteiger partial charge in [-0.25, -0.2) is 4.98 Å². The van der Waals surface area contributed by atoms with Crippen LogP contribution in [0.25, 0.3) is 88.3 Å². The monoisotopic (exact) mass is 740 g/mol. The van der Waals surface area contributed by atoms with E-state index in [2.05, 4.69) is 193 Å². The minimum atomic E-state index is 0.630. The predicted molar refractivity (Wildman–Crippen MR) is 243 cm³/mol. The van der Waals surface area contributed by atoms with E-state index in [9.17, 15) is 0 Å². The molecule has 0 amide bonds. The molecule has 0 N–H and O–H groups in total. The van der Waals surface area contributed by atoms with Crippen molar-refractivity contribution in [2.45, 2.75) is 0 Å². The first kappa shape index (κ1) is 33.6. The summed E-state index contributed by atoms with van der Waals surface area (Å²) in [7, 11) is 0. The summed E-state index contributed by atoms with van der Waals surface area (Å²) < 4.78 is 6.61. The maximum atomic E-state index is 6.61. The Morgan fingerprint density at radius 1 is 0.345 bits per heavy atom. The van der Waals surface area contributed by atoms with Crippen LogP contribution in [0.15, 0.2) is 223 Å². The van der Waals surface area contributed by atoms with Crippen LogP contribution in [0.4, 0.5) is 17.1 Å². The van der Waals surface area contributed by atoms with E-state index in [4.69, 9.17) is 9.40 Å². The molecule has 0 aliphatic heterocycles. The third-order valence-corrected chi connectivity index (χ3v) is 11.3. The first-order chi connectivity index (χ1) is 28.7. The van der Waals surface area contributed by atoms with Crippen LogP contribution in [-0.2, 0) is 0 Å². The van der Waals surface area contributed by atoms with E-state index in [1.54, 1.807) is 0 Å². The summed E-state index contributed by atoms with van der Waals surface area (Å²) in [4.78, 5) is 7.30. The van der Waals surface area contributed by atoms with Crippen molar-refractivity contribution in [3.05, 3.63) is 218 Å². The van der Waals surface area contributed by atoms with E-state index in [0.717, 1.165) is 60.8 Å². The highest BCUT2D eigenvalue weighted by molar-refractivity contribution is 6.26. The second-order valence-corrected chi connectivity index (χ2v) is 14.7. The van der Waals surface area contributed by atoms with Crippen LogP contribution >= 0.6 is 0 Å². The molecule has 0 aliphatic rings. The average Bonchev–Trinajstić information content (AvgIpc) is 3.75. The Kier molecular flexibility index (Phi) is 8.15. The highest BCUT2D eigenvalue weighted by Crippen LogP contribution is 2.43. The molecule has 11 aromatic rings. The van der Waals surface area contributed by atoms with Gasteiger partial charge >= 0.3 is 0 Å². The molecule has 3 nitrogen and oxygen atoms in total. The van der Waals surface area contributed by atoms with Crippen LogP contribution in [0.3, 0.4) is 0 Å². The Balaban J connectivity index is 1.09. The number of nitrogens with zero attached hydrogens (tertiary/aromatic N) is 2. The molecule has 1 aromatic heterocycles. The van der Waals surface area contributed by atoms with Crippen LogP contribution in [0.5, 0.6) is 0 Å². The molecule has 0 unspecified atom stereocenters. The fourth-order valence-electron chi connectivity index (χ4n) is 8.48. The van der Waals surface area contributed by atoms with Crippen molar-refractivity contribution >= 4 is 60.5 Å². The third-order valence-electron chi connectivity index (χ3n) is 11.3. The molecule has 11 rings (SSSR count). The zero-order chi connectivity index (χ0) is 38.4. The van der Waals surface area contributed by atoms with Gasteiger partial charge in [0.05, 0.1) is 0 Å². The number of benzene rings is 10. The maximum absolute atomic E-state index is 6.61. The van der Waals surface area contributed by atoms with E-state index in [1.165, 1.54) is 38.6 Å². The summed E-state index contributed by atoms with van der Waals surface area (Å²) in [6.45, 7) is 0. The molecule has 0 saturated heterocycles. The number of hydrogen-bond donors (Lipinski definition) is 0. The molecule has 0 saturated carbocycles. The van der Waals surface area contributed by atoms with Gasteiger partial charge in [0.25, 0.3) is 0 Å². The molecule has 3 heteroatoms. The highest BCUT2D eigenvalue weighted by Gasteiger charge is 2.19. The van der Waals surface area contributed by atoms with Gasteiger partial charge in [-0.3, -0.25) is 0 Å². The largest absolute Gasteiger partial charge is 0.435 e. The topological polar surface area (TPSA) is 29.3 Å². The normalized spacial score (nSPS) is 11.4. The highest BCUT2D eigenvalue weighted by atomic mass is 16.3. The van der Waals surface area contributed by atoms with Crippen LogP contribution < -0.4 is 4.90 Å². The standard InChI is InChI=1S/C55H36N2O/c1-4-13-37(14-5-1)38-27-30-45(31-28-38)57(46-20-12-19-43(35-46)49-22-11-10-21-48(49)39-15-6-2-7-16-39)47-32-33-50-44(36-47)26-25-40-23-24-41-29-34-51-54(53(41)52(40)50)58-55(56-51)42-17-8-3-9-18-42/h1-36H. The molecule has 0 atom stereocenters. The van der Waals surface area contributed by atoms with Crippen molar-refractivity contribution in [2.75, 3.05) is 4.90 Å². The first-order valence-electron chi connectivity index (χ1n) is 19.7. The number of fused-ring (bicyclic) bond motifs is 7. The minimum absolute atomic E-state index is 0.630. The maximum Gasteiger partial charge on any atom is 0.227 e. The van der Waals surface area contributed by atoms with Crippen molar-refractivity contribution in [1.29, 1.82) is 0 Å². The molecule has 0 bridgehead atoms. The average molecular weight is 741 g/mol. The molecular formula is C55H36N2O. The lowest BCUT2D eigenvalue weighted by molar-refractivity contribution is 0.623. The predicted octanol–water partition coefficient (Wildman–Crippen LogP) is 15.4. The van der Waals surface area contributed by atoms with Crippen LogP contribution in [-0.4, -0.2) is 4.98 Å². The molecule has 1 heterocycles. The van der Waals surface area contributed by atoms with Gasteiger partial charge < -0.3 is 9.32 Å². The summed E-state index contributed by atoms with van der Waals surface area (Å²) in [6.07, 6.45) is 0. The number of aromatic nitrogens is 1. The van der Waals surface area contributed by atoms with E-state index in [0.29, 0.717) is 5.89 Å². The molecule has 0 aliphatic carbocycles. The van der Waals surface area contributed by atoms with Gasteiger partial charge in [-0.15, -0.1) is 0 Å². The van der Waals surface area contributed by atoms with Crippen LogP contribution in [0, 0.1) is 0 Å². The van der Waals surface area contributed by atoms with Crippen molar-refractivity contribution < 1.29 is 4.42 Å². The van der Waals surface area contributed by atoms with Crippen molar-refractivity contribution in [1.82, 2.24) is 4.98 Å². The van der Waals surface area contributed by atoms with Gasteiger partial charge in [-0.2, -0.15) is 0 Å². The lowest BCUT2D eigenvalue weighted by Gasteiger charge is -2.27. The van der Waals surface area contributed by atoms with Crippen LogP contribution in [0.2, 0.25) is 0 Å². The van der Waals surface area contributed by atoms with E-state index in [-0.39, 0.29) is 0 Å². The van der Waals surface area contributed by atoms with E-state index < -0.39 is 0 Å². The second kappa shape index (κ2) is 14.1. The molecule has 272 valence electrons. The quantitative estimate of drug-likeness (QED) is 0.152. The fourth-order valence-corrected chi connectivity index (χ4v) is 8.48. The van der Waals surface area contributed by atoms with Gasteiger partial charge in [0, 0.05) is 33.4 Å². The molecular weight excluding hydrogens is 705 g/mol. The first-order valence-corrected chi connectivity index (χ1v) is 19.7. The van der Waals surface area contributed by atoms with E-state index >= 15 is 0 Å². The summed E-state index contributed by atoms with van der Waals surface area (Å²) in [5, 5.41) is 6.86. The lowest BCUT2D eigenvalue weighted by Crippen LogP contribution is -2.10. The summed E-state index contributed by atoms with van der Waals surface area (Å²) in [5.41, 5.74) is 13.0. The van der Waals surface area contributed by atoms with Crippen molar-refractivity contribution in [2.24, 2.45) is 0 Å². The molecule has 0 spiro atoms. The molecule has 0 radical (unpaired) electrons. The number of oxazole rings is 1. The van der Waals surface area contributed by atoms with Crippen LogP contribution in [0.1, 0.15) is 0 Å². The van der Waals surface area contributed by atoms with Gasteiger partial charge in [0.2, 0.25) is 5.89 Å². The Morgan fingerprint density at radius 3 is 1.60 bits per heavy atom. The SMILES string of the molecule is c1ccc(-c2ccc(N(c3cccc(-c4ccccc4-c4ccccc4)c3)c3ccc4c(ccc5ccc6ccc7nc(-c8ccccc8)oc7c6c54)c3)cc2)cc1. The smallest absolute Gasteiger partial charge is 0.227 e. The summed E-state index contributed by atoms with van der Waals surface area (Å²) >= 11 is 0. The Bertz CT molecular complexity index is 3260. The Labute approximate surface area is 336 Å². The van der Waals surface area contributed by atoms with Crippen molar-refractivity contribution in [3.63, 3.8) is 0 Å². The molecule has 10 aromatic carbocycles. The number of anilines is 3. The van der Waals surface area contributed by atoms with Gasteiger partial charge in [-0.1, -0.05) is 164 Å². The third kappa shape index (κ3) is 5.89. The second-order valence-electron chi connectivity index (χ2n) is 14.7. The minimum Gasteiger partial charge on any atom is -0.435 e. The van der Waals surface area contributed by atoms with Gasteiger partial charge in [-0.05, 0) is 110 Å². The number of hydrogen-bond acceptors (Lipinski definition) is 3. The Hall–Kier alpha value is -7.75. The van der Waals surface area contributed by atoms with Crippen molar-refractivity contribution in [3.8, 4) is 44.8 Å². The van der Waals surface area contributed by atoms with E-state index in [1.807, 2.05) is 30.3 Å². The Morgan fingerprint density at radius 2 is 0.879 bits per heavy atom. The summed E-state index contributed by atoms with van der Waals surface area (Å²) in [6, 6.07) is 77.8.